The van der Waals surface area contributed by atoms with Crippen LogP contribution in [0.5, 0.6) is 0 Å². The van der Waals surface area contributed by atoms with Gasteiger partial charge in [-0.15, -0.1) is 0 Å². The van der Waals surface area contributed by atoms with Gasteiger partial charge in [0, 0.05) is 12.6 Å². The third-order valence-corrected chi connectivity index (χ3v) is 7.04. The fourth-order valence-electron chi connectivity index (χ4n) is 6.27. The van der Waals surface area contributed by atoms with Gasteiger partial charge in [0.1, 0.15) is 0 Å². The number of hydrogen-bond acceptors (Lipinski definition) is 3. The number of carbonyl (C=O) groups is 2. The predicted molar refractivity (Wildman–Crippen MR) is 123 cm³/mol. The highest BCUT2D eigenvalue weighted by Crippen LogP contribution is 2.52. The van der Waals surface area contributed by atoms with E-state index in [2.05, 4.69) is 26.8 Å². The largest absolute Gasteiger partial charge is 0.452 e. The molecule has 160 valence electrons. The molecule has 3 aromatic carbocycles. The second-order valence-corrected chi connectivity index (χ2v) is 10.5. The number of nitrogens with zero attached hydrogens (tertiary/aromatic N) is 1. The van der Waals surface area contributed by atoms with E-state index in [1.54, 1.807) is 0 Å². The second kappa shape index (κ2) is 7.08. The van der Waals surface area contributed by atoms with Gasteiger partial charge in [-0.05, 0) is 57.7 Å². The number of amides is 1. The van der Waals surface area contributed by atoms with Crippen molar-refractivity contribution in [2.75, 3.05) is 13.2 Å². The number of fused-ring (bicyclic) bond motifs is 4. The molecule has 2 bridgehead atoms. The molecule has 1 heterocycles. The Morgan fingerprint density at radius 3 is 2.23 bits per heavy atom. The number of rotatable bonds is 3. The highest BCUT2D eigenvalue weighted by atomic mass is 16.5. The Hall–Kier alpha value is -2.88. The lowest BCUT2D eigenvalue weighted by atomic mass is 9.65. The maximum Gasteiger partial charge on any atom is 0.339 e. The van der Waals surface area contributed by atoms with Crippen molar-refractivity contribution in [1.82, 2.24) is 4.90 Å². The Balaban J connectivity index is 1.39. The van der Waals surface area contributed by atoms with Crippen molar-refractivity contribution < 1.29 is 14.3 Å². The first-order valence-corrected chi connectivity index (χ1v) is 11.1. The first-order chi connectivity index (χ1) is 14.7. The summed E-state index contributed by atoms with van der Waals surface area (Å²) in [5.74, 6) is -0.514. The molecule has 0 aromatic heterocycles. The van der Waals surface area contributed by atoms with Crippen molar-refractivity contribution in [2.45, 2.75) is 46.1 Å². The zero-order valence-corrected chi connectivity index (χ0v) is 18.5. The standard InChI is InChI=1S/C27H29NO3/c1-26(2)13-20-14-27(3,16-26)17-28(20)23(29)15-31-25(30)24-21-10-6-4-8-18(21)12-19-9-5-7-11-22(19)24/h4-12,20H,13-17H2,1-3H3. The average molecular weight is 416 g/mol. The zero-order chi connectivity index (χ0) is 21.8. The number of hydrogen-bond donors (Lipinski definition) is 0. The molecule has 2 aliphatic rings. The minimum atomic E-state index is -0.435. The van der Waals surface area contributed by atoms with Crippen molar-refractivity contribution in [2.24, 2.45) is 10.8 Å². The maximum absolute atomic E-state index is 13.2. The summed E-state index contributed by atoms with van der Waals surface area (Å²) in [6.07, 6.45) is 3.18. The van der Waals surface area contributed by atoms with Crippen LogP contribution in [0.15, 0.2) is 54.6 Å². The molecule has 5 rings (SSSR count). The molecule has 0 radical (unpaired) electrons. The molecule has 31 heavy (non-hydrogen) atoms. The van der Waals surface area contributed by atoms with Crippen LogP contribution in [0.25, 0.3) is 21.5 Å². The Bertz CT molecular complexity index is 1140. The van der Waals surface area contributed by atoms with Crippen molar-refractivity contribution in [1.29, 1.82) is 0 Å². The Morgan fingerprint density at radius 2 is 1.58 bits per heavy atom. The summed E-state index contributed by atoms with van der Waals surface area (Å²) in [7, 11) is 0. The van der Waals surface area contributed by atoms with Gasteiger partial charge in [0.05, 0.1) is 5.56 Å². The molecule has 4 heteroatoms. The molecule has 1 saturated heterocycles. The van der Waals surface area contributed by atoms with E-state index >= 15 is 0 Å². The van der Waals surface area contributed by atoms with Gasteiger partial charge in [-0.3, -0.25) is 4.79 Å². The van der Waals surface area contributed by atoms with Crippen LogP contribution in [0.3, 0.4) is 0 Å². The summed E-state index contributed by atoms with van der Waals surface area (Å²) in [6, 6.07) is 18.0. The monoisotopic (exact) mass is 415 g/mol. The van der Waals surface area contributed by atoms with Crippen LogP contribution in [0.1, 0.15) is 50.4 Å². The van der Waals surface area contributed by atoms with Gasteiger partial charge in [0.2, 0.25) is 0 Å². The van der Waals surface area contributed by atoms with Crippen LogP contribution in [0.2, 0.25) is 0 Å². The summed E-state index contributed by atoms with van der Waals surface area (Å²) < 4.78 is 5.62. The van der Waals surface area contributed by atoms with Crippen LogP contribution in [0.4, 0.5) is 0 Å². The van der Waals surface area contributed by atoms with Crippen LogP contribution >= 0.6 is 0 Å². The fraction of sp³-hybridized carbons (Fsp3) is 0.407. The SMILES string of the molecule is CC1(C)CC2CC(C)(CN2C(=O)COC(=O)c2c3ccccc3cc3ccccc23)C1. The lowest BCUT2D eigenvalue weighted by Crippen LogP contribution is -2.39. The van der Waals surface area contributed by atoms with Crippen molar-refractivity contribution in [3.05, 3.63) is 60.2 Å². The molecule has 1 saturated carbocycles. The highest BCUT2D eigenvalue weighted by molar-refractivity contribution is 6.16. The van der Waals surface area contributed by atoms with Gasteiger partial charge in [-0.2, -0.15) is 0 Å². The average Bonchev–Trinajstić information content (AvgIpc) is 2.98. The Labute approximate surface area is 183 Å². The number of ether oxygens (including phenoxy) is 1. The molecule has 2 unspecified atom stereocenters. The topological polar surface area (TPSA) is 46.6 Å². The minimum Gasteiger partial charge on any atom is -0.452 e. The summed E-state index contributed by atoms with van der Waals surface area (Å²) >= 11 is 0. The van der Waals surface area contributed by atoms with Crippen LogP contribution in [-0.2, 0) is 9.53 Å². The molecular weight excluding hydrogens is 386 g/mol. The lowest BCUT2D eigenvalue weighted by molar-refractivity contribution is -0.135. The zero-order valence-electron chi connectivity index (χ0n) is 18.5. The van der Waals surface area contributed by atoms with Gasteiger partial charge >= 0.3 is 5.97 Å². The molecule has 1 aliphatic heterocycles. The van der Waals surface area contributed by atoms with E-state index in [0.717, 1.165) is 47.4 Å². The van der Waals surface area contributed by atoms with E-state index in [9.17, 15) is 9.59 Å². The number of likely N-dealkylation sites (tertiary alicyclic amines) is 1. The van der Waals surface area contributed by atoms with E-state index in [-0.39, 0.29) is 29.4 Å². The van der Waals surface area contributed by atoms with E-state index in [4.69, 9.17) is 4.74 Å². The highest BCUT2D eigenvalue weighted by Gasteiger charge is 2.50. The third-order valence-electron chi connectivity index (χ3n) is 7.04. The van der Waals surface area contributed by atoms with Gasteiger partial charge in [-0.1, -0.05) is 69.3 Å². The van der Waals surface area contributed by atoms with E-state index < -0.39 is 5.97 Å². The molecule has 2 atom stereocenters. The minimum absolute atomic E-state index is 0.0793. The maximum atomic E-state index is 13.2. The smallest absolute Gasteiger partial charge is 0.339 e. The first kappa shape index (κ1) is 20.0. The van der Waals surface area contributed by atoms with Crippen LogP contribution in [0, 0.1) is 10.8 Å². The van der Waals surface area contributed by atoms with Crippen molar-refractivity contribution in [3.8, 4) is 0 Å². The van der Waals surface area contributed by atoms with Gasteiger partial charge in [0.15, 0.2) is 6.61 Å². The summed E-state index contributed by atoms with van der Waals surface area (Å²) in [6.45, 7) is 7.41. The molecule has 2 fully saturated rings. The van der Waals surface area contributed by atoms with Gasteiger partial charge in [0.25, 0.3) is 5.91 Å². The van der Waals surface area contributed by atoms with Crippen molar-refractivity contribution >= 4 is 33.4 Å². The van der Waals surface area contributed by atoms with E-state index in [0.29, 0.717) is 5.56 Å². The third kappa shape index (κ3) is 3.58. The molecule has 3 aromatic rings. The second-order valence-electron chi connectivity index (χ2n) is 10.5. The predicted octanol–water partition coefficient (Wildman–Crippen LogP) is 5.58. The number of carbonyl (C=O) groups excluding carboxylic acids is 2. The number of esters is 1. The lowest BCUT2D eigenvalue weighted by Gasteiger charge is -2.39. The Morgan fingerprint density at radius 1 is 0.968 bits per heavy atom. The molecular formula is C27H29NO3. The molecule has 4 nitrogen and oxygen atoms in total. The van der Waals surface area contributed by atoms with Crippen LogP contribution < -0.4 is 0 Å². The van der Waals surface area contributed by atoms with Gasteiger partial charge < -0.3 is 9.64 Å². The van der Waals surface area contributed by atoms with Gasteiger partial charge in [-0.25, -0.2) is 4.79 Å². The normalized spacial score (nSPS) is 24.5. The molecule has 1 aliphatic carbocycles. The summed E-state index contributed by atoms with van der Waals surface area (Å²) in [4.78, 5) is 28.2. The van der Waals surface area contributed by atoms with E-state index in [1.807, 2.05) is 53.4 Å². The quantitative estimate of drug-likeness (QED) is 0.415. The molecule has 1 amide bonds. The number of benzene rings is 3. The van der Waals surface area contributed by atoms with Crippen LogP contribution in [-0.4, -0.2) is 36.0 Å². The molecule has 0 N–H and O–H groups in total. The Kier molecular flexibility index (Phi) is 4.58. The first-order valence-electron chi connectivity index (χ1n) is 11.1. The summed E-state index contributed by atoms with van der Waals surface area (Å²) in [5, 5.41) is 3.68. The summed E-state index contributed by atoms with van der Waals surface area (Å²) in [5.41, 5.74) is 0.943. The van der Waals surface area contributed by atoms with Crippen molar-refractivity contribution in [3.63, 3.8) is 0 Å². The fourth-order valence-corrected chi connectivity index (χ4v) is 6.27. The van der Waals surface area contributed by atoms with E-state index in [1.165, 1.54) is 0 Å². The molecule has 0 spiro atoms.